The fourth-order valence-electron chi connectivity index (χ4n) is 2.36. The summed E-state index contributed by atoms with van der Waals surface area (Å²) in [5, 5.41) is 5.26. The van der Waals surface area contributed by atoms with E-state index in [0.29, 0.717) is 17.1 Å². The Morgan fingerprint density at radius 3 is 3.00 bits per heavy atom. The van der Waals surface area contributed by atoms with Crippen LogP contribution in [0.5, 0.6) is 0 Å². The molecule has 0 saturated carbocycles. The van der Waals surface area contributed by atoms with E-state index in [2.05, 4.69) is 34.3 Å². The molecular weight excluding hydrogens is 282 g/mol. The number of aryl methyl sites for hydroxylation is 1. The molecule has 5 heteroatoms. The van der Waals surface area contributed by atoms with Crippen LogP contribution in [0.1, 0.15) is 24.7 Å². The van der Waals surface area contributed by atoms with Gasteiger partial charge >= 0.3 is 0 Å². The number of anilines is 1. The minimum absolute atomic E-state index is 0.0614. The van der Waals surface area contributed by atoms with E-state index in [1.807, 2.05) is 23.6 Å². The summed E-state index contributed by atoms with van der Waals surface area (Å²) in [6, 6.07) is 10.1. The largest absolute Gasteiger partial charge is 0.378 e. The molecular formula is C16H17N3OS. The summed E-state index contributed by atoms with van der Waals surface area (Å²) in [6.45, 7) is 2.68. The first kappa shape index (κ1) is 13.8. The molecule has 2 N–H and O–H groups in total. The summed E-state index contributed by atoms with van der Waals surface area (Å²) in [5.41, 5.74) is 3.10. The van der Waals surface area contributed by atoms with Crippen molar-refractivity contribution in [3.05, 3.63) is 57.5 Å². The molecule has 0 fully saturated rings. The summed E-state index contributed by atoms with van der Waals surface area (Å²) < 4.78 is 0.685. The van der Waals surface area contributed by atoms with Gasteiger partial charge in [0, 0.05) is 5.69 Å². The topological polar surface area (TPSA) is 57.8 Å². The Morgan fingerprint density at radius 1 is 1.29 bits per heavy atom. The SMILES string of the molecule is CCCc1ccccc1NCc1nc2ccsc2c(=O)[nH]1. The van der Waals surface area contributed by atoms with Gasteiger partial charge in [0.2, 0.25) is 0 Å². The van der Waals surface area contributed by atoms with E-state index in [0.717, 1.165) is 24.0 Å². The van der Waals surface area contributed by atoms with Gasteiger partial charge in [-0.3, -0.25) is 4.79 Å². The molecule has 108 valence electrons. The Kier molecular flexibility index (Phi) is 4.01. The fraction of sp³-hybridized carbons (Fsp3) is 0.250. The highest BCUT2D eigenvalue weighted by Gasteiger charge is 2.06. The van der Waals surface area contributed by atoms with Crippen molar-refractivity contribution in [3.63, 3.8) is 0 Å². The average molecular weight is 299 g/mol. The number of H-pyrrole nitrogens is 1. The molecule has 0 bridgehead atoms. The standard InChI is InChI=1S/C16H17N3OS/c1-2-5-11-6-3-4-7-12(11)17-10-14-18-13-8-9-21-15(13)16(20)19-14/h3-4,6-9,17H,2,5,10H2,1H3,(H,18,19,20). The second-order valence-corrected chi connectivity index (χ2v) is 5.82. The van der Waals surface area contributed by atoms with E-state index in [1.54, 1.807) is 0 Å². The summed E-state index contributed by atoms with van der Waals surface area (Å²) in [6.07, 6.45) is 2.14. The van der Waals surface area contributed by atoms with Crippen molar-refractivity contribution in [1.82, 2.24) is 9.97 Å². The first-order chi connectivity index (χ1) is 10.3. The van der Waals surface area contributed by atoms with Gasteiger partial charge in [-0.2, -0.15) is 0 Å². The number of para-hydroxylation sites is 1. The maximum atomic E-state index is 11.9. The van der Waals surface area contributed by atoms with Gasteiger partial charge in [-0.15, -0.1) is 11.3 Å². The second-order valence-electron chi connectivity index (χ2n) is 4.91. The van der Waals surface area contributed by atoms with Crippen LogP contribution >= 0.6 is 11.3 Å². The molecule has 2 aromatic heterocycles. The molecule has 2 heterocycles. The molecule has 0 saturated heterocycles. The number of aromatic nitrogens is 2. The number of aromatic amines is 1. The minimum Gasteiger partial charge on any atom is -0.378 e. The smallest absolute Gasteiger partial charge is 0.268 e. The van der Waals surface area contributed by atoms with Gasteiger partial charge in [0.25, 0.3) is 5.56 Å². The molecule has 21 heavy (non-hydrogen) atoms. The first-order valence-electron chi connectivity index (χ1n) is 7.06. The van der Waals surface area contributed by atoms with Crippen LogP contribution in [0.2, 0.25) is 0 Å². The van der Waals surface area contributed by atoms with Crippen molar-refractivity contribution in [2.75, 3.05) is 5.32 Å². The van der Waals surface area contributed by atoms with E-state index < -0.39 is 0 Å². The molecule has 0 radical (unpaired) electrons. The van der Waals surface area contributed by atoms with Crippen molar-refractivity contribution in [3.8, 4) is 0 Å². The molecule has 0 aliphatic heterocycles. The molecule has 0 amide bonds. The molecule has 0 aliphatic rings. The van der Waals surface area contributed by atoms with Crippen LogP contribution in [0, 0.1) is 0 Å². The number of hydrogen-bond acceptors (Lipinski definition) is 4. The van der Waals surface area contributed by atoms with Crippen LogP contribution in [0.3, 0.4) is 0 Å². The highest BCUT2D eigenvalue weighted by Crippen LogP contribution is 2.18. The monoisotopic (exact) mass is 299 g/mol. The molecule has 0 unspecified atom stereocenters. The Balaban J connectivity index is 1.82. The predicted molar refractivity (Wildman–Crippen MR) is 88.0 cm³/mol. The van der Waals surface area contributed by atoms with Gasteiger partial charge in [0.05, 0.1) is 12.1 Å². The van der Waals surface area contributed by atoms with Crippen LogP contribution in [-0.2, 0) is 13.0 Å². The van der Waals surface area contributed by atoms with Crippen LogP contribution < -0.4 is 10.9 Å². The lowest BCUT2D eigenvalue weighted by Gasteiger charge is -2.11. The number of nitrogens with one attached hydrogen (secondary N) is 2. The normalized spacial score (nSPS) is 10.9. The van der Waals surface area contributed by atoms with Crippen molar-refractivity contribution in [2.45, 2.75) is 26.3 Å². The number of fused-ring (bicyclic) bond motifs is 1. The Bertz CT molecular complexity index is 806. The van der Waals surface area contributed by atoms with Crippen LogP contribution in [0.25, 0.3) is 10.2 Å². The van der Waals surface area contributed by atoms with Gasteiger partial charge in [-0.25, -0.2) is 4.98 Å². The van der Waals surface area contributed by atoms with E-state index in [4.69, 9.17) is 0 Å². The van der Waals surface area contributed by atoms with Gasteiger partial charge < -0.3 is 10.3 Å². The van der Waals surface area contributed by atoms with E-state index in [1.165, 1.54) is 16.9 Å². The summed E-state index contributed by atoms with van der Waals surface area (Å²) in [7, 11) is 0. The Morgan fingerprint density at radius 2 is 2.14 bits per heavy atom. The van der Waals surface area contributed by atoms with Gasteiger partial charge in [0.15, 0.2) is 0 Å². The minimum atomic E-state index is -0.0614. The van der Waals surface area contributed by atoms with Gasteiger partial charge in [0.1, 0.15) is 10.5 Å². The Labute approximate surface area is 126 Å². The number of thiophene rings is 1. The molecule has 1 aromatic carbocycles. The molecule has 0 atom stereocenters. The number of benzene rings is 1. The maximum Gasteiger partial charge on any atom is 0.268 e. The zero-order chi connectivity index (χ0) is 14.7. The quantitative estimate of drug-likeness (QED) is 0.757. The maximum absolute atomic E-state index is 11.9. The molecule has 0 aliphatic carbocycles. The lowest BCUT2D eigenvalue weighted by Crippen LogP contribution is -2.13. The molecule has 3 rings (SSSR count). The van der Waals surface area contributed by atoms with Crippen LogP contribution in [0.15, 0.2) is 40.5 Å². The summed E-state index contributed by atoms with van der Waals surface area (Å²) in [4.78, 5) is 19.2. The Hall–Kier alpha value is -2.14. The van der Waals surface area contributed by atoms with Crippen molar-refractivity contribution in [2.24, 2.45) is 0 Å². The van der Waals surface area contributed by atoms with E-state index >= 15 is 0 Å². The highest BCUT2D eigenvalue weighted by molar-refractivity contribution is 7.17. The predicted octanol–water partition coefficient (Wildman–Crippen LogP) is 3.55. The number of hydrogen-bond donors (Lipinski definition) is 2. The second kappa shape index (κ2) is 6.10. The lowest BCUT2D eigenvalue weighted by molar-refractivity contribution is 0.910. The number of rotatable bonds is 5. The van der Waals surface area contributed by atoms with Gasteiger partial charge in [-0.1, -0.05) is 31.5 Å². The third kappa shape index (κ3) is 2.97. The third-order valence-electron chi connectivity index (χ3n) is 3.35. The summed E-state index contributed by atoms with van der Waals surface area (Å²) >= 11 is 1.42. The van der Waals surface area contributed by atoms with Crippen molar-refractivity contribution < 1.29 is 0 Å². The van der Waals surface area contributed by atoms with E-state index in [-0.39, 0.29) is 5.56 Å². The van der Waals surface area contributed by atoms with Crippen LogP contribution in [-0.4, -0.2) is 9.97 Å². The lowest BCUT2D eigenvalue weighted by atomic mass is 10.1. The average Bonchev–Trinajstić information content (AvgIpc) is 2.96. The van der Waals surface area contributed by atoms with Crippen molar-refractivity contribution >= 4 is 27.2 Å². The van der Waals surface area contributed by atoms with Crippen LogP contribution in [0.4, 0.5) is 5.69 Å². The fourth-order valence-corrected chi connectivity index (χ4v) is 3.09. The molecule has 4 nitrogen and oxygen atoms in total. The zero-order valence-corrected chi connectivity index (χ0v) is 12.7. The molecule has 3 aromatic rings. The van der Waals surface area contributed by atoms with Gasteiger partial charge in [-0.05, 0) is 29.5 Å². The van der Waals surface area contributed by atoms with E-state index in [9.17, 15) is 4.79 Å². The molecule has 0 spiro atoms. The van der Waals surface area contributed by atoms with Crippen molar-refractivity contribution in [1.29, 1.82) is 0 Å². The summed E-state index contributed by atoms with van der Waals surface area (Å²) in [5.74, 6) is 0.664. The third-order valence-corrected chi connectivity index (χ3v) is 4.25. The zero-order valence-electron chi connectivity index (χ0n) is 11.8. The highest BCUT2D eigenvalue weighted by atomic mass is 32.1. The number of nitrogens with zero attached hydrogens (tertiary/aromatic N) is 1. The first-order valence-corrected chi connectivity index (χ1v) is 7.94.